The molecule has 4 aliphatic carbocycles. The molecule has 0 amide bonds. The summed E-state index contributed by atoms with van der Waals surface area (Å²) in [6.45, 7) is 7.45. The summed E-state index contributed by atoms with van der Waals surface area (Å²) in [5.41, 5.74) is 2.28. The van der Waals surface area contributed by atoms with Crippen molar-refractivity contribution in [2.45, 2.75) is 33.6 Å². The lowest BCUT2D eigenvalue weighted by molar-refractivity contribution is 0.0525. The van der Waals surface area contributed by atoms with E-state index in [1.807, 2.05) is 50.3 Å². The van der Waals surface area contributed by atoms with Gasteiger partial charge in [0.15, 0.2) is 0 Å². The zero-order chi connectivity index (χ0) is 35.8. The molecule has 49 heavy (non-hydrogen) atoms. The predicted molar refractivity (Wildman–Crippen MR) is 180 cm³/mol. The van der Waals surface area contributed by atoms with Gasteiger partial charge in [0.25, 0.3) is 0 Å². The molecule has 4 aliphatic rings. The molecule has 0 radical (unpaired) electrons. The lowest BCUT2D eigenvalue weighted by Crippen LogP contribution is -2.05. The number of allylic oxidation sites excluding steroid dienone is 4. The largest absolute Gasteiger partial charge is 0.465 e. The molecule has 0 aromatic carbocycles. The lowest BCUT2D eigenvalue weighted by Gasteiger charge is -2.14. The summed E-state index contributed by atoms with van der Waals surface area (Å²) in [7, 11) is 1.23. The molecule has 0 aliphatic heterocycles. The Labute approximate surface area is 284 Å². The van der Waals surface area contributed by atoms with Crippen molar-refractivity contribution in [1.29, 1.82) is 21.0 Å². The molecule has 10 heteroatoms. The minimum absolute atomic E-state index is 0.0670. The van der Waals surface area contributed by atoms with E-state index in [2.05, 4.69) is 0 Å². The highest BCUT2D eigenvalue weighted by Gasteiger charge is 2.30. The molecule has 0 atom stereocenters. The van der Waals surface area contributed by atoms with Gasteiger partial charge in [-0.3, -0.25) is 0 Å². The van der Waals surface area contributed by atoms with Gasteiger partial charge in [-0.25, -0.2) is 14.4 Å². The van der Waals surface area contributed by atoms with Crippen molar-refractivity contribution in [2.75, 3.05) is 20.3 Å². The van der Waals surface area contributed by atoms with Gasteiger partial charge in [0, 0.05) is 11.1 Å². The van der Waals surface area contributed by atoms with Gasteiger partial charge >= 0.3 is 17.9 Å². The van der Waals surface area contributed by atoms with Crippen LogP contribution in [0.1, 0.15) is 81.4 Å². The lowest BCUT2D eigenvalue weighted by atomic mass is 9.86. The molecule has 0 saturated heterocycles. The van der Waals surface area contributed by atoms with Crippen molar-refractivity contribution in [2.24, 2.45) is 0 Å². The Morgan fingerprint density at radius 3 is 1.55 bits per heavy atom. The Morgan fingerprint density at radius 1 is 0.612 bits per heavy atom. The van der Waals surface area contributed by atoms with E-state index in [0.29, 0.717) is 22.3 Å². The molecule has 0 heterocycles. The first-order valence-electron chi connectivity index (χ1n) is 15.3. The molecular weight excluding hydrogens is 620 g/mol. The van der Waals surface area contributed by atoms with E-state index in [1.165, 1.54) is 43.5 Å². The van der Waals surface area contributed by atoms with Crippen LogP contribution in [0.4, 0.5) is 0 Å². The van der Waals surface area contributed by atoms with Gasteiger partial charge in [-0.15, -0.1) is 0 Å². The molecule has 0 aromatic rings. The summed E-state index contributed by atoms with van der Waals surface area (Å²) in [6.07, 6.45) is 0. The van der Waals surface area contributed by atoms with E-state index in [1.54, 1.807) is 26.0 Å². The maximum atomic E-state index is 13.1. The van der Waals surface area contributed by atoms with Crippen molar-refractivity contribution in [1.82, 2.24) is 0 Å². The fraction of sp³-hybridized carbons (Fsp3) is 0.205. The molecular formula is C39H30N4O6. The van der Waals surface area contributed by atoms with Crippen LogP contribution in [0, 0.1) is 45.3 Å². The van der Waals surface area contributed by atoms with Crippen molar-refractivity contribution >= 4 is 29.1 Å². The second kappa shape index (κ2) is 15.2. The Kier molecular flexibility index (Phi) is 10.9. The number of hydrogen-bond acceptors (Lipinski definition) is 10. The van der Waals surface area contributed by atoms with Crippen LogP contribution < -0.4 is 0 Å². The van der Waals surface area contributed by atoms with Crippen molar-refractivity contribution < 1.29 is 28.6 Å². The van der Waals surface area contributed by atoms with Crippen molar-refractivity contribution in [3.8, 4) is 46.5 Å². The second-order valence-corrected chi connectivity index (χ2v) is 10.9. The minimum Gasteiger partial charge on any atom is -0.465 e. The molecule has 242 valence electrons. The number of rotatable bonds is 9. The summed E-state index contributed by atoms with van der Waals surface area (Å²) in [5, 5.41) is 40.9. The quantitative estimate of drug-likeness (QED) is 0.0765. The molecule has 0 unspecified atom stereocenters. The van der Waals surface area contributed by atoms with E-state index in [-0.39, 0.29) is 58.1 Å². The van der Waals surface area contributed by atoms with Gasteiger partial charge < -0.3 is 14.2 Å². The number of hydrogen-bond donors (Lipinski definition) is 0. The first-order valence-corrected chi connectivity index (χ1v) is 15.3. The minimum atomic E-state index is -0.676. The number of nitriles is 4. The average Bonchev–Trinajstić information content (AvgIpc) is 3.44. The third kappa shape index (κ3) is 6.72. The molecule has 0 spiro atoms. The Hall–Kier alpha value is -6.75. The van der Waals surface area contributed by atoms with Crippen LogP contribution in [0.3, 0.4) is 0 Å². The molecule has 4 rings (SSSR count). The van der Waals surface area contributed by atoms with Gasteiger partial charge in [0.05, 0.1) is 37.0 Å². The predicted octanol–water partition coefficient (Wildman–Crippen LogP) is 7.46. The van der Waals surface area contributed by atoms with E-state index in [0.717, 1.165) is 5.56 Å². The smallest absolute Gasteiger partial charge is 0.338 e. The highest BCUT2D eigenvalue weighted by Crippen LogP contribution is 2.45. The van der Waals surface area contributed by atoms with E-state index >= 15 is 0 Å². The fourth-order valence-electron chi connectivity index (χ4n) is 5.59. The van der Waals surface area contributed by atoms with Crippen molar-refractivity contribution in [3.63, 3.8) is 0 Å². The number of methoxy groups -OCH3 is 1. The van der Waals surface area contributed by atoms with Gasteiger partial charge in [0.2, 0.25) is 0 Å². The third-order valence-corrected chi connectivity index (χ3v) is 7.86. The molecule has 0 bridgehead atoms. The first-order chi connectivity index (χ1) is 23.6. The first kappa shape index (κ1) is 35.1. The topological polar surface area (TPSA) is 174 Å². The summed E-state index contributed by atoms with van der Waals surface area (Å²) in [4.78, 5) is 39.0. The normalized spacial score (nSPS) is 10.2. The van der Waals surface area contributed by atoms with Crippen LogP contribution in [0.2, 0.25) is 0 Å². The number of carbonyl (C=O) groups excluding carboxylic acids is 3. The van der Waals surface area contributed by atoms with Crippen LogP contribution in [-0.4, -0.2) is 38.2 Å². The van der Waals surface area contributed by atoms with Crippen LogP contribution in [0.25, 0.3) is 33.4 Å². The number of carbonyl (C=O) groups is 3. The summed E-state index contributed by atoms with van der Waals surface area (Å²) in [6, 6.07) is 23.7. The zero-order valence-electron chi connectivity index (χ0n) is 27.5. The number of nitrogens with zero attached hydrogens (tertiary/aromatic N) is 4. The Bertz CT molecular complexity index is 2080. The summed E-state index contributed by atoms with van der Waals surface area (Å²) in [5.74, 6) is -1.93. The SMILES string of the molecule is CCOC(=O)c1cc(C(=O)OCC)c2ccc(C(=C(C#N)C#N)C(=C(C#N)C#N)c3cc(C(=O)OC)c4cc(C(C)C)cccc3-4)ccc1-2. The zero-order valence-corrected chi connectivity index (χ0v) is 27.5. The maximum Gasteiger partial charge on any atom is 0.338 e. The van der Waals surface area contributed by atoms with Crippen LogP contribution in [0.15, 0.2) is 71.8 Å². The monoisotopic (exact) mass is 650 g/mol. The molecule has 0 fully saturated rings. The number of fused-ring (bicyclic) bond motifs is 2. The molecule has 0 aromatic heterocycles. The average molecular weight is 651 g/mol. The van der Waals surface area contributed by atoms with Gasteiger partial charge in [-0.05, 0) is 70.8 Å². The Morgan fingerprint density at radius 2 is 1.08 bits per heavy atom. The molecule has 0 N–H and O–H groups in total. The van der Waals surface area contributed by atoms with Gasteiger partial charge in [0.1, 0.15) is 35.4 Å². The number of esters is 3. The molecule has 0 saturated carbocycles. The van der Waals surface area contributed by atoms with Crippen LogP contribution in [-0.2, 0) is 14.2 Å². The maximum absolute atomic E-state index is 13.1. The van der Waals surface area contributed by atoms with Crippen LogP contribution >= 0.6 is 0 Å². The van der Waals surface area contributed by atoms with E-state index in [4.69, 9.17) is 14.2 Å². The van der Waals surface area contributed by atoms with Gasteiger partial charge in [-0.2, -0.15) is 21.0 Å². The number of ether oxygens (including phenoxy) is 3. The second-order valence-electron chi connectivity index (χ2n) is 10.9. The summed E-state index contributed by atoms with van der Waals surface area (Å²) >= 11 is 0. The Balaban J connectivity index is 2.15. The standard InChI is InChI=1S/C39H30N4O6/c1-6-48-38(45)32-17-33(39(46)49-7-2)29-14-12-23(11-13-28(29)32)35(25(18-40)19-41)36(26(20-42)21-43)31-16-34(37(44)47-5)30-15-24(22(3)4)9-8-10-27(30)31/h8-17,22H,6-7H2,1-5H3. The highest BCUT2D eigenvalue weighted by atomic mass is 16.5. The highest BCUT2D eigenvalue weighted by molar-refractivity contribution is 6.16. The van der Waals surface area contributed by atoms with Crippen LogP contribution in [0.5, 0.6) is 0 Å². The third-order valence-electron chi connectivity index (χ3n) is 7.86. The van der Waals surface area contributed by atoms with E-state index in [9.17, 15) is 35.4 Å². The van der Waals surface area contributed by atoms with Gasteiger partial charge in [-0.1, -0.05) is 62.4 Å². The van der Waals surface area contributed by atoms with E-state index < -0.39 is 29.1 Å². The molecule has 10 nitrogen and oxygen atoms in total. The fourth-order valence-corrected chi connectivity index (χ4v) is 5.59. The van der Waals surface area contributed by atoms with Crippen molar-refractivity contribution in [3.05, 3.63) is 105 Å². The summed E-state index contributed by atoms with van der Waals surface area (Å²) < 4.78 is 15.5.